The van der Waals surface area contributed by atoms with Crippen LogP contribution in [0.15, 0.2) is 0 Å². The normalized spacial score (nSPS) is 22.3. The molecule has 0 saturated carbocycles. The van der Waals surface area contributed by atoms with Gasteiger partial charge in [0.05, 0.1) is 63.7 Å². The summed E-state index contributed by atoms with van der Waals surface area (Å²) in [5.41, 5.74) is -2.26. The van der Waals surface area contributed by atoms with Gasteiger partial charge in [-0.3, -0.25) is 38.8 Å². The molecule has 6 saturated heterocycles. The van der Waals surface area contributed by atoms with Gasteiger partial charge in [-0.1, -0.05) is 41.5 Å². The maximum atomic E-state index is 12.9. The Morgan fingerprint density at radius 3 is 1.17 bits per heavy atom. The summed E-state index contributed by atoms with van der Waals surface area (Å²) in [6.45, 7) is 49.9. The van der Waals surface area contributed by atoms with Crippen molar-refractivity contribution in [2.24, 2.45) is 32.5 Å². The topological polar surface area (TPSA) is 146 Å². The molecule has 0 atom stereocenters. The summed E-state index contributed by atoms with van der Waals surface area (Å²) in [4.78, 5) is 58.8. The molecule has 16 heteroatoms. The molecule has 0 spiro atoms. The highest BCUT2D eigenvalue weighted by Gasteiger charge is 2.47. The van der Waals surface area contributed by atoms with Crippen LogP contribution in [0.25, 0.3) is 0 Å². The Bertz CT molecular complexity index is 1560. The number of rotatable bonds is 12. The van der Waals surface area contributed by atoms with Crippen LogP contribution in [0.1, 0.15) is 136 Å². The van der Waals surface area contributed by atoms with Gasteiger partial charge in [-0.25, -0.2) is 0 Å². The van der Waals surface area contributed by atoms with Gasteiger partial charge >= 0.3 is 11.9 Å². The number of thioether (sulfide) groups is 1. The molecule has 15 nitrogen and oxygen atoms in total. The van der Waals surface area contributed by atoms with E-state index in [1.165, 1.54) is 0 Å². The number of carbonyl (C=O) groups is 4. The first-order chi connectivity index (χ1) is 33.3. The van der Waals surface area contributed by atoms with E-state index >= 15 is 0 Å². The number of esters is 2. The van der Waals surface area contributed by atoms with Gasteiger partial charge in [-0.2, -0.15) is 11.8 Å². The van der Waals surface area contributed by atoms with Crippen LogP contribution in [0.5, 0.6) is 0 Å². The van der Waals surface area contributed by atoms with Gasteiger partial charge in [-0.15, -0.1) is 0 Å². The minimum absolute atomic E-state index is 0.110. The highest BCUT2D eigenvalue weighted by molar-refractivity contribution is 7.99. The number of carbonyl (C=O) groups excluding carboxylic acids is 4. The van der Waals surface area contributed by atoms with Crippen LogP contribution in [-0.2, 0) is 52.3 Å². The average Bonchev–Trinajstić information content (AvgIpc) is 3.31. The summed E-state index contributed by atoms with van der Waals surface area (Å²) in [5.74, 6) is 2.84. The molecule has 0 unspecified atom stereocenters. The van der Waals surface area contributed by atoms with Gasteiger partial charge in [0, 0.05) is 112 Å². The molecule has 6 heterocycles. The summed E-state index contributed by atoms with van der Waals surface area (Å²) >= 11 is 1.99. The third-order valence-electron chi connectivity index (χ3n) is 14.2. The Morgan fingerprint density at radius 1 is 0.444 bits per heavy atom. The third-order valence-corrected chi connectivity index (χ3v) is 15.2. The summed E-state index contributed by atoms with van der Waals surface area (Å²) in [6.07, 6.45) is 3.82. The molecule has 0 amide bonds. The maximum Gasteiger partial charge on any atom is 0.311 e. The van der Waals surface area contributed by atoms with Crippen molar-refractivity contribution in [2.75, 3.05) is 156 Å². The molecule has 0 bridgehead atoms. The van der Waals surface area contributed by atoms with Crippen LogP contribution >= 0.6 is 11.8 Å². The molecule has 6 aliphatic heterocycles. The lowest BCUT2D eigenvalue weighted by molar-refractivity contribution is -0.168. The lowest BCUT2D eigenvalue weighted by atomic mass is 9.67. The molecule has 0 radical (unpaired) electrons. The second-order valence-corrected chi connectivity index (χ2v) is 27.5. The van der Waals surface area contributed by atoms with Gasteiger partial charge < -0.3 is 33.2 Å². The minimum atomic E-state index is -0.443. The Kier molecular flexibility index (Phi) is 25.6. The van der Waals surface area contributed by atoms with E-state index in [0.29, 0.717) is 31.4 Å². The number of morpholine rings is 4. The number of Topliss-reactive ketones (excluding diaryl/α,β-unsaturated/α-hetero) is 2. The molecule has 420 valence electrons. The zero-order valence-corrected chi connectivity index (χ0v) is 49.3. The van der Waals surface area contributed by atoms with Crippen LogP contribution in [0.2, 0.25) is 0 Å². The minimum Gasteiger partial charge on any atom is -0.463 e. The van der Waals surface area contributed by atoms with Gasteiger partial charge in [0.2, 0.25) is 0 Å². The van der Waals surface area contributed by atoms with E-state index in [2.05, 4.69) is 54.2 Å². The van der Waals surface area contributed by atoms with E-state index in [4.69, 9.17) is 33.2 Å². The largest absolute Gasteiger partial charge is 0.463 e. The van der Waals surface area contributed by atoms with E-state index < -0.39 is 16.4 Å². The van der Waals surface area contributed by atoms with E-state index in [-0.39, 0.29) is 39.1 Å². The fourth-order valence-electron chi connectivity index (χ4n) is 9.86. The third kappa shape index (κ3) is 22.1. The first-order valence-electron chi connectivity index (χ1n) is 27.2. The molecule has 0 aromatic carbocycles. The van der Waals surface area contributed by atoms with Gasteiger partial charge in [0.1, 0.15) is 23.8 Å². The second-order valence-electron chi connectivity index (χ2n) is 26.2. The SMILES string of the molecule is CC(C)(C)C(=O)C1(CN2CCOCC2)CCOCC1.CC(C)(C)C(=O)C1(CN2CCOCC2)CCSCC1.CC(C)(C)C(=O)OCC(C)(C)N1CCOCC1.CC(C)(CN1CCOCC1)OC(=O)C(C)(C)C. The number of hydrogen-bond donors (Lipinski definition) is 0. The number of ether oxygens (including phenoxy) is 7. The average molecular weight is 1040 g/mol. The van der Waals surface area contributed by atoms with Crippen molar-refractivity contribution in [3.63, 3.8) is 0 Å². The highest BCUT2D eigenvalue weighted by atomic mass is 32.2. The Labute approximate surface area is 441 Å². The summed E-state index contributed by atoms with van der Waals surface area (Å²) < 4.78 is 37.9. The fraction of sp³-hybridized carbons (Fsp3) is 0.929. The number of hydrogen-bond acceptors (Lipinski definition) is 16. The maximum absolute atomic E-state index is 12.9. The molecular weight excluding hydrogens is 937 g/mol. The monoisotopic (exact) mass is 1040 g/mol. The van der Waals surface area contributed by atoms with Crippen LogP contribution in [0.3, 0.4) is 0 Å². The fourth-order valence-corrected chi connectivity index (χ4v) is 11.1. The molecule has 0 aliphatic carbocycles. The number of nitrogens with zero attached hydrogens (tertiary/aromatic N) is 4. The quantitative estimate of drug-likeness (QED) is 0.177. The Balaban J connectivity index is 0.000000254. The van der Waals surface area contributed by atoms with E-state index in [1.807, 2.05) is 87.9 Å². The summed E-state index contributed by atoms with van der Waals surface area (Å²) in [7, 11) is 0. The molecule has 0 aromatic rings. The predicted octanol–water partition coefficient (Wildman–Crippen LogP) is 7.55. The zero-order chi connectivity index (χ0) is 54.1. The van der Waals surface area contributed by atoms with Gasteiger partial charge in [0.15, 0.2) is 0 Å². The van der Waals surface area contributed by atoms with Crippen molar-refractivity contribution in [1.82, 2.24) is 19.6 Å². The van der Waals surface area contributed by atoms with Gasteiger partial charge in [-0.05, 0) is 106 Å². The summed E-state index contributed by atoms with van der Waals surface area (Å²) in [6, 6.07) is 0. The van der Waals surface area contributed by atoms with Crippen LogP contribution < -0.4 is 0 Å². The molecule has 6 rings (SSSR count). The molecule has 72 heavy (non-hydrogen) atoms. The predicted molar refractivity (Wildman–Crippen MR) is 289 cm³/mol. The molecule has 0 N–H and O–H groups in total. The van der Waals surface area contributed by atoms with Crippen molar-refractivity contribution < 1.29 is 52.3 Å². The Hall–Kier alpha value is -1.73. The smallest absolute Gasteiger partial charge is 0.311 e. The first-order valence-corrected chi connectivity index (χ1v) is 28.4. The molecule has 0 aromatic heterocycles. The highest BCUT2D eigenvalue weighted by Crippen LogP contribution is 2.42. The lowest BCUT2D eigenvalue weighted by Gasteiger charge is -2.43. The van der Waals surface area contributed by atoms with Crippen molar-refractivity contribution >= 4 is 35.3 Å². The van der Waals surface area contributed by atoms with Crippen LogP contribution in [0.4, 0.5) is 0 Å². The zero-order valence-electron chi connectivity index (χ0n) is 48.5. The Morgan fingerprint density at radius 2 is 0.792 bits per heavy atom. The van der Waals surface area contributed by atoms with E-state index in [0.717, 1.165) is 162 Å². The van der Waals surface area contributed by atoms with Gasteiger partial charge in [0.25, 0.3) is 0 Å². The molecule has 6 aliphatic rings. The van der Waals surface area contributed by atoms with Crippen LogP contribution in [-0.4, -0.2) is 210 Å². The van der Waals surface area contributed by atoms with E-state index in [1.54, 1.807) is 0 Å². The lowest BCUT2D eigenvalue weighted by Crippen LogP contribution is -2.53. The van der Waals surface area contributed by atoms with Crippen molar-refractivity contribution in [2.45, 2.75) is 148 Å². The molecular formula is C56H104N4O11S. The van der Waals surface area contributed by atoms with Crippen LogP contribution in [0, 0.1) is 32.5 Å². The second kappa shape index (κ2) is 28.6. The van der Waals surface area contributed by atoms with E-state index in [9.17, 15) is 19.2 Å². The standard InChI is InChI=1S/C15H27NO3.C15H27NO2S.2C13H25NO3/c1-14(2,3)13(17)15(4-8-18-9-5-15)12-16-6-10-19-11-7-16;1-14(2,3)13(17)15(4-10-19-11-5-15)12-16-6-8-18-9-7-16;1-12(2,3)11(15)17-10-13(4,5)14-6-8-16-9-7-14;1-12(2,3)11(15)17-13(4,5)10-14-6-8-16-9-7-14/h2*4-12H2,1-3H3;2*6-10H2,1-5H3. The van der Waals surface area contributed by atoms with Crippen molar-refractivity contribution in [3.8, 4) is 0 Å². The molecule has 6 fully saturated rings. The van der Waals surface area contributed by atoms with Crippen molar-refractivity contribution in [3.05, 3.63) is 0 Å². The summed E-state index contributed by atoms with van der Waals surface area (Å²) in [5, 5.41) is 0. The number of ketones is 2. The first kappa shape index (κ1) is 64.6. The van der Waals surface area contributed by atoms with Crippen molar-refractivity contribution in [1.29, 1.82) is 0 Å².